The molecular formula is C5H26N12O3+4. The molecule has 1 aliphatic rings. The van der Waals surface area contributed by atoms with E-state index in [1.54, 1.807) is 0 Å². The fourth-order valence-corrected chi connectivity index (χ4v) is 1.33. The van der Waals surface area contributed by atoms with Crippen molar-refractivity contribution >= 4 is 0 Å². The topological polar surface area (TPSA) is 213 Å². The Morgan fingerprint density at radius 2 is 1.20 bits per heavy atom. The van der Waals surface area contributed by atoms with Gasteiger partial charge in [0.15, 0.2) is 0 Å². The summed E-state index contributed by atoms with van der Waals surface area (Å²) in [6, 6.07) is 0. The fourth-order valence-electron chi connectivity index (χ4n) is 1.33. The highest BCUT2D eigenvalue weighted by Gasteiger charge is 2.60. The van der Waals surface area contributed by atoms with Gasteiger partial charge in [-0.15, -0.1) is 40.9 Å². The summed E-state index contributed by atoms with van der Waals surface area (Å²) in [4.78, 5) is 12.7. The molecule has 15 heteroatoms. The zero-order valence-corrected chi connectivity index (χ0v) is 11.6. The van der Waals surface area contributed by atoms with Crippen molar-refractivity contribution in [1.29, 1.82) is 0 Å². The molecule has 0 aromatic carbocycles. The molecule has 1 rings (SSSR count). The predicted octanol–water partition coefficient (Wildman–Crippen LogP) is -5.56. The summed E-state index contributed by atoms with van der Waals surface area (Å²) in [5, 5.41) is 0. The van der Waals surface area contributed by atoms with Crippen LogP contribution < -0.4 is 40.9 Å². The Balaban J connectivity index is 3.01. The van der Waals surface area contributed by atoms with Crippen molar-refractivity contribution < 1.29 is 34.5 Å². The zero-order chi connectivity index (χ0) is 15.8. The molecule has 15 nitrogen and oxygen atoms in total. The van der Waals surface area contributed by atoms with E-state index in [4.69, 9.17) is 55.7 Å². The van der Waals surface area contributed by atoms with Gasteiger partial charge in [-0.1, -0.05) is 0 Å². The van der Waals surface area contributed by atoms with Gasteiger partial charge < -0.3 is 0 Å². The van der Waals surface area contributed by atoms with Crippen LogP contribution in [-0.2, 0) is 14.8 Å². The number of rotatable bonds is 8. The third-order valence-electron chi connectivity index (χ3n) is 1.78. The Hall–Kier alpha value is -0.600. The lowest BCUT2D eigenvalue weighted by Gasteiger charge is -2.31. The maximum Gasteiger partial charge on any atom is 0.282 e. The van der Waals surface area contributed by atoms with Crippen LogP contribution in [0.2, 0.25) is 0 Å². The van der Waals surface area contributed by atoms with Crippen LogP contribution in [0.1, 0.15) is 0 Å². The maximum absolute atomic E-state index is 5.54. The number of nitrogens with two attached hydrogens (primary N) is 7. The SMILES string of the molecule is C[N+](N)(N)O[N+](CN1CC1)(O[N+](C)(N)N)O[N+](N)(N)N. The largest absolute Gasteiger partial charge is 0.282 e. The van der Waals surface area contributed by atoms with Gasteiger partial charge in [0, 0.05) is 22.8 Å². The van der Waals surface area contributed by atoms with E-state index in [9.17, 15) is 0 Å². The van der Waals surface area contributed by atoms with Crippen molar-refractivity contribution in [2.24, 2.45) is 40.9 Å². The van der Waals surface area contributed by atoms with Crippen molar-refractivity contribution in [3.63, 3.8) is 0 Å². The minimum Gasteiger partial charge on any atom is -0.245 e. The molecule has 0 aromatic heterocycles. The fraction of sp³-hybridized carbons (Fsp3) is 1.00. The summed E-state index contributed by atoms with van der Waals surface area (Å²) in [7, 11) is 2.58. The first-order chi connectivity index (χ1) is 8.70. The molecule has 1 heterocycles. The minimum atomic E-state index is -1.45. The van der Waals surface area contributed by atoms with Crippen LogP contribution in [0, 0.1) is 0 Å². The van der Waals surface area contributed by atoms with Crippen molar-refractivity contribution in [1.82, 2.24) is 4.90 Å². The molecule has 0 atom stereocenters. The lowest BCUT2D eigenvalue weighted by atomic mass is 11.0. The van der Waals surface area contributed by atoms with Crippen LogP contribution in [0.15, 0.2) is 0 Å². The van der Waals surface area contributed by atoms with E-state index in [0.29, 0.717) is 0 Å². The molecule has 0 aromatic rings. The van der Waals surface area contributed by atoms with Gasteiger partial charge in [-0.05, 0) is 0 Å². The molecule has 14 N–H and O–H groups in total. The second kappa shape index (κ2) is 5.31. The van der Waals surface area contributed by atoms with Crippen LogP contribution in [0.25, 0.3) is 0 Å². The minimum absolute atomic E-state index is 0.0317. The average molecular weight is 302 g/mol. The van der Waals surface area contributed by atoms with Gasteiger partial charge >= 0.3 is 0 Å². The van der Waals surface area contributed by atoms with E-state index < -0.39 is 19.7 Å². The number of quaternary nitrogens is 4. The smallest absolute Gasteiger partial charge is 0.245 e. The van der Waals surface area contributed by atoms with Gasteiger partial charge in [-0.3, -0.25) is 0 Å². The quantitative estimate of drug-likeness (QED) is 0.0971. The molecular weight excluding hydrogens is 276 g/mol. The van der Waals surface area contributed by atoms with Gasteiger partial charge in [0.05, 0.1) is 4.97 Å². The third-order valence-corrected chi connectivity index (χ3v) is 1.78. The van der Waals surface area contributed by atoms with E-state index in [1.165, 1.54) is 14.1 Å². The second-order valence-electron chi connectivity index (χ2n) is 5.00. The Labute approximate surface area is 115 Å². The second-order valence-corrected chi connectivity index (χ2v) is 5.00. The molecule has 1 saturated heterocycles. The summed E-state index contributed by atoms with van der Waals surface area (Å²) in [5.74, 6) is 38.2. The number of hydrogen-bond donors (Lipinski definition) is 7. The lowest BCUT2D eigenvalue weighted by Crippen LogP contribution is -2.78. The van der Waals surface area contributed by atoms with Crippen molar-refractivity contribution in [3.8, 4) is 0 Å². The van der Waals surface area contributed by atoms with Crippen molar-refractivity contribution in [2.45, 2.75) is 0 Å². The van der Waals surface area contributed by atoms with Gasteiger partial charge in [-0.25, -0.2) is 4.90 Å². The third kappa shape index (κ3) is 7.25. The molecule has 0 spiro atoms. The van der Waals surface area contributed by atoms with Crippen LogP contribution in [-0.4, -0.2) is 58.4 Å². The number of nitrogens with zero attached hydrogens (tertiary/aromatic N) is 5. The van der Waals surface area contributed by atoms with E-state index in [0.717, 1.165) is 13.1 Å². The zero-order valence-electron chi connectivity index (χ0n) is 11.6. The predicted molar refractivity (Wildman–Crippen MR) is 61.9 cm³/mol. The van der Waals surface area contributed by atoms with Crippen LogP contribution in [0.4, 0.5) is 0 Å². The highest BCUT2D eigenvalue weighted by atomic mass is 17.4. The maximum atomic E-state index is 5.54. The first-order valence-electron chi connectivity index (χ1n) is 5.56. The summed E-state index contributed by atoms with van der Waals surface area (Å²) >= 11 is 0. The Morgan fingerprint density at radius 1 is 0.800 bits per heavy atom. The summed E-state index contributed by atoms with van der Waals surface area (Å²) < 4.78 is 0. The Morgan fingerprint density at radius 3 is 1.45 bits per heavy atom. The summed E-state index contributed by atoms with van der Waals surface area (Å²) in [5.41, 5.74) is 0. The standard InChI is InChI=1S/C5H26N12O3/c1-14(6,7)18-16(5-13-3-4-13,19-15(2,8)9)20-17(10,11)12/h3-12H2,1-2H3/q+4. The molecule has 0 aliphatic carbocycles. The lowest BCUT2D eigenvalue weighted by molar-refractivity contribution is -1.62. The van der Waals surface area contributed by atoms with E-state index in [-0.39, 0.29) is 6.67 Å². The number of hydrogen-bond acceptors (Lipinski definition) is 11. The molecule has 120 valence electrons. The average Bonchev–Trinajstić information content (AvgIpc) is 2.74. The van der Waals surface area contributed by atoms with Crippen molar-refractivity contribution in [2.75, 3.05) is 33.9 Å². The molecule has 0 amide bonds. The Bertz CT molecular complexity index is 285. The normalized spacial score (nSPS) is 18.4. The van der Waals surface area contributed by atoms with Crippen LogP contribution >= 0.6 is 0 Å². The molecule has 0 unspecified atom stereocenters. The summed E-state index contributed by atoms with van der Waals surface area (Å²) in [6.45, 7) is 1.48. The van der Waals surface area contributed by atoms with Gasteiger partial charge in [0.1, 0.15) is 28.9 Å². The first kappa shape index (κ1) is 17.5. The van der Waals surface area contributed by atoms with Crippen molar-refractivity contribution in [3.05, 3.63) is 0 Å². The molecule has 0 bridgehead atoms. The van der Waals surface area contributed by atoms with Crippen LogP contribution in [0.5, 0.6) is 0 Å². The molecule has 0 radical (unpaired) electrons. The summed E-state index contributed by atoms with van der Waals surface area (Å²) in [6.07, 6.45) is 0. The van der Waals surface area contributed by atoms with Gasteiger partial charge in [0.2, 0.25) is 0 Å². The first-order valence-corrected chi connectivity index (χ1v) is 5.56. The molecule has 20 heavy (non-hydrogen) atoms. The van der Waals surface area contributed by atoms with Gasteiger partial charge in [-0.2, -0.15) is 0 Å². The van der Waals surface area contributed by atoms with E-state index in [2.05, 4.69) is 0 Å². The highest BCUT2D eigenvalue weighted by molar-refractivity contribution is 4.66. The molecule has 1 fully saturated rings. The highest BCUT2D eigenvalue weighted by Crippen LogP contribution is 2.21. The van der Waals surface area contributed by atoms with E-state index >= 15 is 0 Å². The van der Waals surface area contributed by atoms with Crippen LogP contribution in [0.3, 0.4) is 0 Å². The number of hydroxylamine groups is 5. The monoisotopic (exact) mass is 302 g/mol. The molecule has 0 saturated carbocycles. The Kier molecular flexibility index (Phi) is 4.63. The molecule has 1 aliphatic heterocycles. The van der Waals surface area contributed by atoms with E-state index in [1.807, 2.05) is 4.90 Å². The van der Waals surface area contributed by atoms with Gasteiger partial charge in [0.25, 0.3) is 11.6 Å².